The van der Waals surface area contributed by atoms with Crippen molar-refractivity contribution in [2.45, 2.75) is 0 Å². The van der Waals surface area contributed by atoms with Gasteiger partial charge in [0.1, 0.15) is 5.75 Å². The zero-order chi connectivity index (χ0) is 15.4. The van der Waals surface area contributed by atoms with Crippen molar-refractivity contribution in [1.29, 1.82) is 0 Å². The van der Waals surface area contributed by atoms with Gasteiger partial charge in [0.25, 0.3) is 5.69 Å². The third-order valence-electron chi connectivity index (χ3n) is 2.74. The molecule has 0 aliphatic heterocycles. The second-order valence-corrected chi connectivity index (χ2v) is 5.00. The van der Waals surface area contributed by atoms with E-state index < -0.39 is 4.92 Å². The molecule has 0 heterocycles. The van der Waals surface area contributed by atoms with E-state index in [9.17, 15) is 10.1 Å². The van der Waals surface area contributed by atoms with Crippen molar-refractivity contribution in [2.75, 3.05) is 17.9 Å². The number of methoxy groups -OCH3 is 1. The van der Waals surface area contributed by atoms with Crippen LogP contribution in [0, 0.1) is 10.1 Å². The summed E-state index contributed by atoms with van der Waals surface area (Å²) in [5.74, 6) is 5.98. The highest BCUT2D eigenvalue weighted by Gasteiger charge is 2.10. The molecule has 0 atom stereocenters. The summed E-state index contributed by atoms with van der Waals surface area (Å²) in [5, 5.41) is 14.0. The zero-order valence-electron chi connectivity index (χ0n) is 11.1. The van der Waals surface area contributed by atoms with Gasteiger partial charge in [-0.3, -0.25) is 16.0 Å². The van der Waals surface area contributed by atoms with Crippen LogP contribution in [0.25, 0.3) is 0 Å². The minimum atomic E-state index is -0.478. The van der Waals surface area contributed by atoms with Gasteiger partial charge in [-0.2, -0.15) is 0 Å². The molecule has 0 bridgehead atoms. The molecule has 0 amide bonds. The Bertz CT molecular complexity index is 678. The molecule has 0 fully saturated rings. The maximum Gasteiger partial charge on any atom is 0.273 e. The smallest absolute Gasteiger partial charge is 0.273 e. The fraction of sp³-hybridized carbons (Fsp3) is 0.0769. The second-order valence-electron chi connectivity index (χ2n) is 4.14. The number of non-ortho nitro benzene ring substituents is 1. The fourth-order valence-corrected chi connectivity index (χ4v) is 2.18. The number of hydrazine groups is 1. The number of nitrogens with zero attached hydrogens (tertiary/aromatic N) is 1. The highest BCUT2D eigenvalue weighted by Crippen LogP contribution is 2.31. The Hall–Kier alpha value is -2.32. The summed E-state index contributed by atoms with van der Waals surface area (Å²) in [6.07, 6.45) is 0. The van der Waals surface area contributed by atoms with Crippen molar-refractivity contribution in [1.82, 2.24) is 0 Å². The van der Waals surface area contributed by atoms with Crippen LogP contribution < -0.4 is 21.3 Å². The molecule has 2 aromatic rings. The van der Waals surface area contributed by atoms with Crippen LogP contribution in [0.5, 0.6) is 5.75 Å². The van der Waals surface area contributed by atoms with Crippen LogP contribution in [0.2, 0.25) is 0 Å². The van der Waals surface area contributed by atoms with Gasteiger partial charge in [0.15, 0.2) is 0 Å². The Kier molecular flexibility index (Phi) is 4.61. The third-order valence-corrected chi connectivity index (χ3v) is 3.39. The highest BCUT2D eigenvalue weighted by atomic mass is 79.9. The van der Waals surface area contributed by atoms with Gasteiger partial charge >= 0.3 is 0 Å². The molecule has 0 unspecified atom stereocenters. The van der Waals surface area contributed by atoms with Crippen LogP contribution in [-0.2, 0) is 0 Å². The van der Waals surface area contributed by atoms with Gasteiger partial charge in [-0.1, -0.05) is 0 Å². The minimum Gasteiger partial charge on any atom is -0.495 e. The van der Waals surface area contributed by atoms with Gasteiger partial charge in [0.05, 0.1) is 22.2 Å². The second kappa shape index (κ2) is 6.42. The first-order valence-corrected chi connectivity index (χ1v) is 6.69. The highest BCUT2D eigenvalue weighted by molar-refractivity contribution is 9.10. The lowest BCUT2D eigenvalue weighted by atomic mass is 10.2. The van der Waals surface area contributed by atoms with Crippen molar-refractivity contribution in [2.24, 2.45) is 5.84 Å². The number of halogens is 1. The van der Waals surface area contributed by atoms with E-state index in [-0.39, 0.29) is 5.69 Å². The standard InChI is InChI=1S/C13H13BrN4O3/c1-21-13-7-8(2-3-12(13)14)16-9-4-10(17-15)6-11(5-9)18(19)20/h2-7,16-17H,15H2,1H3. The largest absolute Gasteiger partial charge is 0.495 e. The lowest BCUT2D eigenvalue weighted by Gasteiger charge is -2.10. The normalized spacial score (nSPS) is 10.0. The minimum absolute atomic E-state index is 0.0583. The molecule has 8 heteroatoms. The first-order chi connectivity index (χ1) is 10.0. The lowest BCUT2D eigenvalue weighted by Crippen LogP contribution is -2.07. The van der Waals surface area contributed by atoms with Crippen LogP contribution in [-0.4, -0.2) is 12.0 Å². The number of nitro benzene ring substituents is 1. The van der Waals surface area contributed by atoms with Gasteiger partial charge in [0, 0.05) is 29.6 Å². The average Bonchev–Trinajstić information content (AvgIpc) is 2.48. The molecule has 0 radical (unpaired) electrons. The number of benzene rings is 2. The van der Waals surface area contributed by atoms with E-state index in [0.717, 1.165) is 10.2 Å². The van der Waals surface area contributed by atoms with E-state index >= 15 is 0 Å². The van der Waals surface area contributed by atoms with Crippen molar-refractivity contribution >= 4 is 38.7 Å². The van der Waals surface area contributed by atoms with E-state index in [1.165, 1.54) is 12.1 Å². The Morgan fingerprint density at radius 3 is 2.52 bits per heavy atom. The fourth-order valence-electron chi connectivity index (χ4n) is 1.78. The van der Waals surface area contributed by atoms with E-state index in [4.69, 9.17) is 10.6 Å². The number of nitrogen functional groups attached to an aromatic ring is 1. The first kappa shape index (κ1) is 15.1. The van der Waals surface area contributed by atoms with Gasteiger partial charge in [0.2, 0.25) is 0 Å². The SMILES string of the molecule is COc1cc(Nc2cc(NN)cc([N+](=O)[O-])c2)ccc1Br. The molecule has 21 heavy (non-hydrogen) atoms. The monoisotopic (exact) mass is 352 g/mol. The van der Waals surface area contributed by atoms with Gasteiger partial charge in [-0.25, -0.2) is 0 Å². The Labute approximate surface area is 129 Å². The molecule has 0 aliphatic carbocycles. The predicted molar refractivity (Wildman–Crippen MR) is 84.9 cm³/mol. The van der Waals surface area contributed by atoms with Crippen molar-refractivity contribution in [3.63, 3.8) is 0 Å². The number of nitrogens with two attached hydrogens (primary N) is 1. The topological polar surface area (TPSA) is 102 Å². The quantitative estimate of drug-likeness (QED) is 0.433. The van der Waals surface area contributed by atoms with Crippen LogP contribution >= 0.6 is 15.9 Å². The molecule has 0 aliphatic rings. The van der Waals surface area contributed by atoms with Gasteiger partial charge in [-0.15, -0.1) is 0 Å². The summed E-state index contributed by atoms with van der Waals surface area (Å²) in [5.41, 5.74) is 4.06. The molecule has 110 valence electrons. The Morgan fingerprint density at radius 1 is 1.19 bits per heavy atom. The number of hydrogen-bond donors (Lipinski definition) is 3. The Balaban J connectivity index is 2.34. The number of ether oxygens (including phenoxy) is 1. The molecular weight excluding hydrogens is 340 g/mol. The van der Waals surface area contributed by atoms with E-state index in [1.807, 2.05) is 12.1 Å². The summed E-state index contributed by atoms with van der Waals surface area (Å²) in [4.78, 5) is 10.4. The molecule has 2 rings (SSSR count). The maximum atomic E-state index is 10.9. The van der Waals surface area contributed by atoms with E-state index in [1.54, 1.807) is 19.2 Å². The summed E-state index contributed by atoms with van der Waals surface area (Å²) in [6, 6.07) is 9.87. The molecule has 0 aromatic heterocycles. The van der Waals surface area contributed by atoms with Gasteiger partial charge < -0.3 is 15.5 Å². The lowest BCUT2D eigenvalue weighted by molar-refractivity contribution is -0.384. The summed E-state index contributed by atoms with van der Waals surface area (Å²) < 4.78 is 6.02. The molecule has 0 saturated heterocycles. The maximum absolute atomic E-state index is 10.9. The molecule has 0 saturated carbocycles. The van der Waals surface area contributed by atoms with Crippen LogP contribution in [0.4, 0.5) is 22.7 Å². The first-order valence-electron chi connectivity index (χ1n) is 5.90. The average molecular weight is 353 g/mol. The number of nitro groups is 1. The van der Waals surface area contributed by atoms with Crippen LogP contribution in [0.15, 0.2) is 40.9 Å². The summed E-state index contributed by atoms with van der Waals surface area (Å²) in [7, 11) is 1.56. The summed E-state index contributed by atoms with van der Waals surface area (Å²) >= 11 is 3.36. The molecule has 0 spiro atoms. The molecule has 7 nitrogen and oxygen atoms in total. The molecule has 4 N–H and O–H groups in total. The van der Waals surface area contributed by atoms with E-state index in [0.29, 0.717) is 17.1 Å². The Morgan fingerprint density at radius 2 is 1.90 bits per heavy atom. The molecular formula is C13H13BrN4O3. The molecule has 2 aromatic carbocycles. The predicted octanol–water partition coefficient (Wildman–Crippen LogP) is 3.40. The summed E-state index contributed by atoms with van der Waals surface area (Å²) in [6.45, 7) is 0. The van der Waals surface area contributed by atoms with Crippen molar-refractivity contribution in [3.8, 4) is 5.75 Å². The number of nitrogens with one attached hydrogen (secondary N) is 2. The van der Waals surface area contributed by atoms with Crippen molar-refractivity contribution in [3.05, 3.63) is 51.0 Å². The van der Waals surface area contributed by atoms with Crippen LogP contribution in [0.1, 0.15) is 0 Å². The number of rotatable bonds is 5. The zero-order valence-corrected chi connectivity index (χ0v) is 12.7. The van der Waals surface area contributed by atoms with E-state index in [2.05, 4.69) is 26.7 Å². The number of hydrogen-bond acceptors (Lipinski definition) is 6. The number of anilines is 3. The van der Waals surface area contributed by atoms with Crippen molar-refractivity contribution < 1.29 is 9.66 Å². The van der Waals surface area contributed by atoms with Crippen LogP contribution in [0.3, 0.4) is 0 Å². The third kappa shape index (κ3) is 3.61. The van der Waals surface area contributed by atoms with Gasteiger partial charge in [-0.05, 0) is 34.1 Å².